The summed E-state index contributed by atoms with van der Waals surface area (Å²) in [7, 11) is 20.4. The molecule has 0 N–H and O–H groups in total. The van der Waals surface area contributed by atoms with Gasteiger partial charge in [0.2, 0.25) is 0 Å². The van der Waals surface area contributed by atoms with Gasteiger partial charge in [0, 0.05) is 26.4 Å². The number of rotatable bonds is 6. The molecule has 1 aromatic heterocycles. The summed E-state index contributed by atoms with van der Waals surface area (Å²) in [6.07, 6.45) is 2.52. The highest BCUT2D eigenvalue weighted by Crippen LogP contribution is 2.23. The van der Waals surface area contributed by atoms with Crippen molar-refractivity contribution >= 4 is 29.5 Å². The van der Waals surface area contributed by atoms with Crippen molar-refractivity contribution in [3.63, 3.8) is 0 Å². The summed E-state index contributed by atoms with van der Waals surface area (Å²) in [6, 6.07) is 6.27. The number of carbonyl (C=O) groups excluding carboxylic acids is 1. The number of carbonyl (C=O) groups is 1. The van der Waals surface area contributed by atoms with E-state index in [-0.39, 0.29) is 6.61 Å². The smallest absolute Gasteiger partial charge is 0.341 e. The Morgan fingerprint density at radius 3 is 2.70 bits per heavy atom. The van der Waals surface area contributed by atoms with Gasteiger partial charge in [-0.3, -0.25) is 4.68 Å². The second-order valence-electron chi connectivity index (χ2n) is 6.77. The van der Waals surface area contributed by atoms with Gasteiger partial charge in [-0.05, 0) is 23.1 Å². The molecule has 2 heterocycles. The van der Waals surface area contributed by atoms with Crippen LogP contribution in [0.15, 0.2) is 24.4 Å². The quantitative estimate of drug-likeness (QED) is 0.550. The van der Waals surface area contributed by atoms with Gasteiger partial charge in [0.25, 0.3) is 0 Å². The molecule has 0 saturated heterocycles. The lowest BCUT2D eigenvalue weighted by Gasteiger charge is -2.40. The molecule has 0 saturated carbocycles. The molecule has 2 aromatic rings. The molecule has 6 radical (unpaired) electrons. The Balaban J connectivity index is 1.82. The van der Waals surface area contributed by atoms with E-state index in [1.807, 2.05) is 4.90 Å². The molecule has 0 unspecified atom stereocenters. The van der Waals surface area contributed by atoms with E-state index in [9.17, 15) is 4.79 Å². The molecule has 0 atom stereocenters. The van der Waals surface area contributed by atoms with Gasteiger partial charge < -0.3 is 14.4 Å². The van der Waals surface area contributed by atoms with Crippen molar-refractivity contribution in [3.05, 3.63) is 52.3 Å². The lowest BCUT2D eigenvalue weighted by Crippen LogP contribution is -2.52. The lowest BCUT2D eigenvalue weighted by atomic mass is 9.48. The van der Waals surface area contributed by atoms with Crippen LogP contribution < -0.4 is 0 Å². The first kappa shape index (κ1) is 19.8. The molecule has 134 valence electrons. The minimum Gasteiger partial charge on any atom is -0.465 e. The van der Waals surface area contributed by atoms with E-state index in [1.54, 1.807) is 18.0 Å². The molecular formula is C18H20B3N3O3. The minimum atomic E-state index is -1.33. The first-order valence-electron chi connectivity index (χ1n) is 8.67. The number of ether oxygens (including phenoxy) is 2. The number of benzene rings is 1. The Hall–Kier alpha value is -1.99. The van der Waals surface area contributed by atoms with Gasteiger partial charge in [0.1, 0.15) is 11.3 Å². The third-order valence-electron chi connectivity index (χ3n) is 4.70. The highest BCUT2D eigenvalue weighted by molar-refractivity contribution is 6.59. The molecular weight excluding hydrogens is 339 g/mol. The summed E-state index contributed by atoms with van der Waals surface area (Å²) in [6.45, 7) is 2.06. The highest BCUT2D eigenvalue weighted by atomic mass is 16.5. The van der Waals surface area contributed by atoms with E-state index in [2.05, 4.69) is 23.3 Å². The fourth-order valence-corrected chi connectivity index (χ4v) is 3.29. The molecule has 27 heavy (non-hydrogen) atoms. The van der Waals surface area contributed by atoms with Crippen LogP contribution in [0.2, 0.25) is 0 Å². The Labute approximate surface area is 163 Å². The largest absolute Gasteiger partial charge is 0.465 e. The number of hydrogen-bond acceptors (Lipinski definition) is 5. The molecule has 0 aliphatic carbocycles. The molecule has 1 aliphatic heterocycles. The Bertz CT molecular complexity index is 833. The summed E-state index contributed by atoms with van der Waals surface area (Å²) in [4.78, 5) is 13.8. The summed E-state index contributed by atoms with van der Waals surface area (Å²) >= 11 is 0. The van der Waals surface area contributed by atoms with Crippen molar-refractivity contribution in [1.29, 1.82) is 0 Å². The molecule has 1 aliphatic rings. The van der Waals surface area contributed by atoms with Crippen molar-refractivity contribution in [2.45, 2.75) is 31.4 Å². The number of nitrogens with zero attached hydrogens (tertiary/aromatic N) is 3. The predicted octanol–water partition coefficient (Wildman–Crippen LogP) is 0.339. The van der Waals surface area contributed by atoms with Crippen molar-refractivity contribution in [2.24, 2.45) is 0 Å². The molecule has 0 spiro atoms. The van der Waals surface area contributed by atoms with Crippen LogP contribution in [0.1, 0.15) is 32.7 Å². The number of methoxy groups -OCH3 is 2. The average Bonchev–Trinajstić information content (AvgIpc) is 3.02. The van der Waals surface area contributed by atoms with E-state index in [4.69, 9.17) is 33.0 Å². The first-order valence-corrected chi connectivity index (χ1v) is 8.67. The summed E-state index contributed by atoms with van der Waals surface area (Å²) in [5, 5.41) is 3.12. The monoisotopic (exact) mass is 359 g/mol. The zero-order valence-electron chi connectivity index (χ0n) is 15.6. The number of hydrogen-bond donors (Lipinski definition) is 0. The van der Waals surface area contributed by atoms with Crippen molar-refractivity contribution < 1.29 is 14.3 Å². The fourth-order valence-electron chi connectivity index (χ4n) is 3.29. The van der Waals surface area contributed by atoms with Crippen molar-refractivity contribution in [1.82, 2.24) is 14.7 Å². The van der Waals surface area contributed by atoms with Gasteiger partial charge >= 0.3 is 5.97 Å². The maximum absolute atomic E-state index is 11.9. The molecule has 9 heteroatoms. The summed E-state index contributed by atoms with van der Waals surface area (Å²) in [5.74, 6) is -0.431. The summed E-state index contributed by atoms with van der Waals surface area (Å²) < 4.78 is 11.6. The van der Waals surface area contributed by atoms with Gasteiger partial charge in [-0.15, -0.1) is 0 Å². The standard InChI is InChI=1S/C18H20B3N3O3/c1-26-11-16-15(17(25)27-2)10-24(22-16)8-12-3-4-13-5-6-23(18(19,20)21)9-14(13)7-12/h3-4,7,10H,5-6,8-9,11H2,1-2H3. The topological polar surface area (TPSA) is 56.6 Å². The van der Waals surface area contributed by atoms with E-state index in [0.29, 0.717) is 24.3 Å². The SMILES string of the molecule is [B]C([B])([B])N1CCc2ccc(Cn3cc(C(=O)OC)c(COC)n3)cc2C1. The Morgan fingerprint density at radius 1 is 1.26 bits per heavy atom. The van der Waals surface area contributed by atoms with Crippen LogP contribution in [0.25, 0.3) is 0 Å². The van der Waals surface area contributed by atoms with Crippen LogP contribution in [0, 0.1) is 0 Å². The number of aromatic nitrogens is 2. The van der Waals surface area contributed by atoms with Crippen LogP contribution in [0.3, 0.4) is 0 Å². The normalized spacial score (nSPS) is 14.7. The second kappa shape index (κ2) is 7.94. The van der Waals surface area contributed by atoms with Crippen LogP contribution in [0.5, 0.6) is 0 Å². The number of fused-ring (bicyclic) bond motifs is 1. The van der Waals surface area contributed by atoms with Gasteiger partial charge in [-0.2, -0.15) is 5.10 Å². The van der Waals surface area contributed by atoms with E-state index >= 15 is 0 Å². The molecule has 6 nitrogen and oxygen atoms in total. The maximum Gasteiger partial charge on any atom is 0.341 e. The first-order chi connectivity index (χ1) is 12.8. The van der Waals surface area contributed by atoms with E-state index in [1.165, 1.54) is 12.7 Å². The van der Waals surface area contributed by atoms with E-state index in [0.717, 1.165) is 24.1 Å². The Morgan fingerprint density at radius 2 is 2.04 bits per heavy atom. The molecule has 0 fully saturated rings. The second-order valence-corrected chi connectivity index (χ2v) is 6.77. The third kappa shape index (κ3) is 4.47. The van der Waals surface area contributed by atoms with Crippen LogP contribution >= 0.6 is 0 Å². The van der Waals surface area contributed by atoms with Gasteiger partial charge in [0.05, 0.1) is 43.8 Å². The molecule has 1 aromatic carbocycles. The summed E-state index contributed by atoms with van der Waals surface area (Å²) in [5.41, 5.74) is 4.41. The van der Waals surface area contributed by atoms with Crippen LogP contribution in [0.4, 0.5) is 0 Å². The van der Waals surface area contributed by atoms with Crippen molar-refractivity contribution in [3.8, 4) is 0 Å². The molecule has 0 amide bonds. The third-order valence-corrected chi connectivity index (χ3v) is 4.70. The van der Waals surface area contributed by atoms with E-state index < -0.39 is 11.2 Å². The molecule has 3 rings (SSSR count). The highest BCUT2D eigenvalue weighted by Gasteiger charge is 2.24. The minimum absolute atomic E-state index is 0.238. The number of esters is 1. The zero-order valence-corrected chi connectivity index (χ0v) is 15.6. The van der Waals surface area contributed by atoms with Gasteiger partial charge in [-0.25, -0.2) is 4.79 Å². The predicted molar refractivity (Wildman–Crippen MR) is 104 cm³/mol. The maximum atomic E-state index is 11.9. The van der Waals surface area contributed by atoms with Gasteiger partial charge in [0.15, 0.2) is 0 Å². The zero-order chi connectivity index (χ0) is 19.6. The Kier molecular flexibility index (Phi) is 5.82. The van der Waals surface area contributed by atoms with Gasteiger partial charge in [-0.1, -0.05) is 23.4 Å². The van der Waals surface area contributed by atoms with Crippen molar-refractivity contribution in [2.75, 3.05) is 20.8 Å². The lowest BCUT2D eigenvalue weighted by molar-refractivity contribution is 0.0595. The molecule has 0 bridgehead atoms. The van der Waals surface area contributed by atoms with Crippen LogP contribution in [-0.2, 0) is 35.6 Å². The average molecular weight is 359 g/mol. The van der Waals surface area contributed by atoms with Crippen LogP contribution in [-0.4, -0.2) is 70.2 Å². The fraction of sp³-hybridized carbons (Fsp3) is 0.444.